The summed E-state index contributed by atoms with van der Waals surface area (Å²) in [5, 5.41) is 10.7. The monoisotopic (exact) mass is 314 g/mol. The molecule has 1 aliphatic rings. The molecular weight excluding hydrogens is 300 g/mol. The van der Waals surface area contributed by atoms with E-state index in [-0.39, 0.29) is 17.0 Å². The Kier molecular flexibility index (Phi) is 4.11. The normalized spacial score (nSPS) is 18.3. The van der Waals surface area contributed by atoms with Gasteiger partial charge in [-0.25, -0.2) is 0 Å². The number of benzene rings is 2. The number of thioether (sulfide) groups is 1. The molecule has 0 bridgehead atoms. The van der Waals surface area contributed by atoms with E-state index in [9.17, 15) is 14.9 Å². The molecule has 1 fully saturated rings. The Morgan fingerprint density at radius 1 is 1.14 bits per heavy atom. The maximum absolute atomic E-state index is 12.4. The summed E-state index contributed by atoms with van der Waals surface area (Å²) in [6, 6.07) is 15.9. The second-order valence-corrected chi connectivity index (χ2v) is 6.11. The lowest BCUT2D eigenvalue weighted by Crippen LogP contribution is -2.37. The first-order valence-electron chi connectivity index (χ1n) is 6.90. The lowest BCUT2D eigenvalue weighted by atomic mass is 10.1. The summed E-state index contributed by atoms with van der Waals surface area (Å²) in [5.74, 6) is 0.761. The molecule has 2 aromatic carbocycles. The molecule has 1 saturated heterocycles. The minimum absolute atomic E-state index is 0.0430. The number of anilines is 1. The summed E-state index contributed by atoms with van der Waals surface area (Å²) in [6.07, 6.45) is 0.477. The van der Waals surface area contributed by atoms with Gasteiger partial charge < -0.3 is 0 Å². The predicted molar refractivity (Wildman–Crippen MR) is 86.8 cm³/mol. The van der Waals surface area contributed by atoms with Gasteiger partial charge in [0, 0.05) is 30.0 Å². The van der Waals surface area contributed by atoms with Crippen molar-refractivity contribution in [2.75, 3.05) is 10.7 Å². The minimum atomic E-state index is -0.411. The molecule has 112 valence electrons. The zero-order valence-corrected chi connectivity index (χ0v) is 12.5. The highest BCUT2D eigenvalue weighted by Crippen LogP contribution is 2.41. The maximum Gasteiger partial charge on any atom is 0.269 e. The van der Waals surface area contributed by atoms with Crippen molar-refractivity contribution in [2.45, 2.75) is 11.8 Å². The molecule has 0 radical (unpaired) electrons. The van der Waals surface area contributed by atoms with Crippen molar-refractivity contribution in [3.63, 3.8) is 0 Å². The fraction of sp³-hybridized carbons (Fsp3) is 0.188. The van der Waals surface area contributed by atoms with E-state index in [1.165, 1.54) is 6.07 Å². The Balaban J connectivity index is 2.01. The molecule has 0 N–H and O–H groups in total. The molecule has 0 unspecified atom stereocenters. The Hall–Kier alpha value is -2.34. The molecule has 0 aromatic heterocycles. The number of rotatable bonds is 3. The van der Waals surface area contributed by atoms with E-state index in [0.717, 1.165) is 17.0 Å². The fourth-order valence-electron chi connectivity index (χ4n) is 2.49. The number of nitrogens with zero attached hydrogens (tertiary/aromatic N) is 2. The summed E-state index contributed by atoms with van der Waals surface area (Å²) in [4.78, 5) is 24.7. The lowest BCUT2D eigenvalue weighted by Gasteiger charge is -2.35. The van der Waals surface area contributed by atoms with Crippen LogP contribution in [0.4, 0.5) is 11.4 Å². The molecular formula is C16H14N2O3S. The Morgan fingerprint density at radius 2 is 1.91 bits per heavy atom. The van der Waals surface area contributed by atoms with Gasteiger partial charge in [0.1, 0.15) is 5.37 Å². The number of non-ortho nitro benzene ring substituents is 1. The number of hydrogen-bond acceptors (Lipinski definition) is 4. The van der Waals surface area contributed by atoms with E-state index < -0.39 is 4.92 Å². The molecule has 6 heteroatoms. The molecule has 2 aromatic rings. The second kappa shape index (κ2) is 6.19. The molecule has 1 aliphatic heterocycles. The van der Waals surface area contributed by atoms with Crippen LogP contribution in [-0.2, 0) is 4.79 Å². The zero-order chi connectivity index (χ0) is 15.5. The number of hydrogen-bond donors (Lipinski definition) is 0. The Labute approximate surface area is 132 Å². The summed E-state index contributed by atoms with van der Waals surface area (Å²) in [5.41, 5.74) is 1.64. The van der Waals surface area contributed by atoms with Crippen LogP contribution in [0.3, 0.4) is 0 Å². The largest absolute Gasteiger partial charge is 0.296 e. The van der Waals surface area contributed by atoms with Crippen molar-refractivity contribution in [3.05, 3.63) is 70.3 Å². The van der Waals surface area contributed by atoms with Crippen LogP contribution in [0.5, 0.6) is 0 Å². The van der Waals surface area contributed by atoms with Gasteiger partial charge in [0.05, 0.1) is 4.92 Å². The topological polar surface area (TPSA) is 63.4 Å². The van der Waals surface area contributed by atoms with E-state index in [1.54, 1.807) is 28.8 Å². The molecule has 1 atom stereocenters. The third kappa shape index (κ3) is 2.82. The van der Waals surface area contributed by atoms with E-state index >= 15 is 0 Å². The van der Waals surface area contributed by atoms with Crippen LogP contribution in [0.2, 0.25) is 0 Å². The second-order valence-electron chi connectivity index (χ2n) is 4.92. The Morgan fingerprint density at radius 3 is 2.64 bits per heavy atom. The van der Waals surface area contributed by atoms with Crippen molar-refractivity contribution in [3.8, 4) is 0 Å². The lowest BCUT2D eigenvalue weighted by molar-refractivity contribution is -0.384. The standard InChI is InChI=1S/C16H14N2O3S/c19-15-9-10-22-16(17(15)13-6-2-1-3-7-13)12-5-4-8-14(11-12)18(20)21/h1-8,11,16H,9-10H2/t16-/m0/s1. The summed E-state index contributed by atoms with van der Waals surface area (Å²) < 4.78 is 0. The third-order valence-corrected chi connectivity index (χ3v) is 4.73. The van der Waals surface area contributed by atoms with Crippen molar-refractivity contribution in [1.29, 1.82) is 0 Å². The first-order valence-corrected chi connectivity index (χ1v) is 7.95. The average molecular weight is 314 g/mol. The van der Waals surface area contributed by atoms with Crippen LogP contribution in [0.15, 0.2) is 54.6 Å². The number of para-hydroxylation sites is 1. The minimum Gasteiger partial charge on any atom is -0.296 e. The SMILES string of the molecule is O=C1CCS[C@@H](c2cccc([N+](=O)[O-])c2)N1c1ccccc1. The summed E-state index contributed by atoms with van der Waals surface area (Å²) >= 11 is 1.63. The van der Waals surface area contributed by atoms with Crippen molar-refractivity contribution < 1.29 is 9.72 Å². The van der Waals surface area contributed by atoms with Gasteiger partial charge in [-0.15, -0.1) is 11.8 Å². The van der Waals surface area contributed by atoms with Gasteiger partial charge in [0.2, 0.25) is 5.91 Å². The average Bonchev–Trinajstić information content (AvgIpc) is 2.55. The molecule has 3 rings (SSSR count). The zero-order valence-electron chi connectivity index (χ0n) is 11.7. The maximum atomic E-state index is 12.4. The predicted octanol–water partition coefficient (Wildman–Crippen LogP) is 3.76. The highest BCUT2D eigenvalue weighted by atomic mass is 32.2. The number of nitro groups is 1. The molecule has 5 nitrogen and oxygen atoms in total. The van der Waals surface area contributed by atoms with Gasteiger partial charge in [0.25, 0.3) is 5.69 Å². The van der Waals surface area contributed by atoms with Gasteiger partial charge in [0.15, 0.2) is 0 Å². The van der Waals surface area contributed by atoms with Gasteiger partial charge >= 0.3 is 0 Å². The first kappa shape index (κ1) is 14.6. The number of amides is 1. The van der Waals surface area contributed by atoms with Gasteiger partial charge in [-0.2, -0.15) is 0 Å². The Bertz CT molecular complexity index is 706. The smallest absolute Gasteiger partial charge is 0.269 e. The van der Waals surface area contributed by atoms with E-state index in [1.807, 2.05) is 36.4 Å². The molecule has 0 spiro atoms. The van der Waals surface area contributed by atoms with E-state index in [4.69, 9.17) is 0 Å². The molecule has 0 saturated carbocycles. The first-order chi connectivity index (χ1) is 10.7. The number of carbonyl (C=O) groups excluding carboxylic acids is 1. The highest BCUT2D eigenvalue weighted by molar-refractivity contribution is 7.99. The summed E-state index contributed by atoms with van der Waals surface area (Å²) in [7, 11) is 0. The van der Waals surface area contributed by atoms with Crippen molar-refractivity contribution >= 4 is 29.0 Å². The third-order valence-electron chi connectivity index (χ3n) is 3.50. The number of carbonyl (C=O) groups is 1. The highest BCUT2D eigenvalue weighted by Gasteiger charge is 2.31. The molecule has 0 aliphatic carbocycles. The van der Waals surface area contributed by atoms with Crippen LogP contribution in [0.1, 0.15) is 17.4 Å². The molecule has 1 amide bonds. The van der Waals surface area contributed by atoms with Crippen LogP contribution in [0, 0.1) is 10.1 Å². The van der Waals surface area contributed by atoms with Gasteiger partial charge in [-0.1, -0.05) is 30.3 Å². The van der Waals surface area contributed by atoms with Crippen LogP contribution >= 0.6 is 11.8 Å². The molecule has 1 heterocycles. The summed E-state index contributed by atoms with van der Waals surface area (Å²) in [6.45, 7) is 0. The molecule has 22 heavy (non-hydrogen) atoms. The van der Waals surface area contributed by atoms with Crippen LogP contribution < -0.4 is 4.90 Å². The van der Waals surface area contributed by atoms with Crippen molar-refractivity contribution in [1.82, 2.24) is 0 Å². The number of nitro benzene ring substituents is 1. The van der Waals surface area contributed by atoms with Crippen LogP contribution in [0.25, 0.3) is 0 Å². The van der Waals surface area contributed by atoms with E-state index in [2.05, 4.69) is 0 Å². The quantitative estimate of drug-likeness (QED) is 0.639. The van der Waals surface area contributed by atoms with Gasteiger partial charge in [-0.3, -0.25) is 19.8 Å². The van der Waals surface area contributed by atoms with E-state index in [0.29, 0.717) is 6.42 Å². The fourth-order valence-corrected chi connectivity index (χ4v) is 3.73. The van der Waals surface area contributed by atoms with Crippen LogP contribution in [-0.4, -0.2) is 16.6 Å². The van der Waals surface area contributed by atoms with Gasteiger partial charge in [-0.05, 0) is 17.7 Å². The van der Waals surface area contributed by atoms with Crippen molar-refractivity contribution in [2.24, 2.45) is 0 Å².